The van der Waals surface area contributed by atoms with Crippen LogP contribution < -0.4 is 0 Å². The lowest BCUT2D eigenvalue weighted by Crippen LogP contribution is -2.27. The minimum Gasteiger partial charge on any atom is -0.378 e. The zero-order chi connectivity index (χ0) is 56.5. The van der Waals surface area contributed by atoms with Gasteiger partial charge in [-0.25, -0.2) is 13.2 Å². The molecule has 3 aliphatic carbocycles. The Bertz CT molecular complexity index is 1770. The number of hydrogen-bond acceptors (Lipinski definition) is 4. The number of allylic oxidation sites excluding steroid dienone is 4. The largest absolute Gasteiger partial charge is 0.378 e. The van der Waals surface area contributed by atoms with Gasteiger partial charge in [0.05, 0.1) is 25.4 Å². The van der Waals surface area contributed by atoms with Crippen molar-refractivity contribution < 1.29 is 32.1 Å². The van der Waals surface area contributed by atoms with Crippen molar-refractivity contribution in [2.24, 2.45) is 41.4 Å². The quantitative estimate of drug-likeness (QED) is 0.210. The van der Waals surface area contributed by atoms with Gasteiger partial charge in [-0.1, -0.05) is 145 Å². The lowest BCUT2D eigenvalue weighted by atomic mass is 9.84. The van der Waals surface area contributed by atoms with E-state index in [4.69, 9.17) is 18.9 Å². The maximum atomic E-state index is 12.6. The Morgan fingerprint density at radius 3 is 0.973 bits per heavy atom. The molecule has 7 heteroatoms. The Hall–Kier alpha value is -3.23. The molecule has 9 rings (SSSR count). The third-order valence-corrected chi connectivity index (χ3v) is 14.8. The van der Waals surface area contributed by atoms with Gasteiger partial charge in [0, 0.05) is 24.7 Å². The van der Waals surface area contributed by atoms with Gasteiger partial charge in [-0.15, -0.1) is 0 Å². The summed E-state index contributed by atoms with van der Waals surface area (Å²) < 4.78 is 58.9. The Labute approximate surface area is 459 Å². The number of ether oxygens (including phenoxy) is 4. The highest BCUT2D eigenvalue weighted by Crippen LogP contribution is 2.27. The molecule has 3 saturated heterocycles. The number of benzene rings is 3. The zero-order valence-electron chi connectivity index (χ0n) is 51.1. The smallest absolute Gasteiger partial charge is 0.154 e. The summed E-state index contributed by atoms with van der Waals surface area (Å²) in [6.45, 7) is 41.2. The third-order valence-electron chi connectivity index (χ3n) is 14.8. The van der Waals surface area contributed by atoms with E-state index in [2.05, 4.69) is 126 Å². The first-order valence-corrected chi connectivity index (χ1v) is 29.3. The summed E-state index contributed by atoms with van der Waals surface area (Å²) in [6, 6.07) is 16.3. The fourth-order valence-electron chi connectivity index (χ4n) is 8.45. The summed E-state index contributed by atoms with van der Waals surface area (Å²) in [5.74, 6) is 5.03. The molecule has 4 nitrogen and oxygen atoms in total. The summed E-state index contributed by atoms with van der Waals surface area (Å²) in [6.07, 6.45) is 25.0. The minimum absolute atomic E-state index is 0.0196. The predicted molar refractivity (Wildman–Crippen MR) is 316 cm³/mol. The van der Waals surface area contributed by atoms with Crippen LogP contribution in [0.25, 0.3) is 0 Å². The molecule has 0 radical (unpaired) electrons. The van der Waals surface area contributed by atoms with E-state index in [-0.39, 0.29) is 17.7 Å². The average Bonchev–Trinajstić information content (AvgIpc) is 3.37. The molecule has 3 aliphatic heterocycles. The summed E-state index contributed by atoms with van der Waals surface area (Å²) >= 11 is 0. The fourth-order valence-corrected chi connectivity index (χ4v) is 8.45. The van der Waals surface area contributed by atoms with Gasteiger partial charge in [0.2, 0.25) is 0 Å². The highest BCUT2D eigenvalue weighted by Gasteiger charge is 2.16. The highest BCUT2D eigenvalue weighted by molar-refractivity contribution is 5.24. The number of hydrogen-bond donors (Lipinski definition) is 0. The first kappa shape index (κ1) is 69.8. The first-order valence-electron chi connectivity index (χ1n) is 29.3. The lowest BCUT2D eigenvalue weighted by molar-refractivity contribution is -0.187. The summed E-state index contributed by atoms with van der Waals surface area (Å²) in [5.41, 5.74) is 8.21. The molecule has 3 aromatic carbocycles. The van der Waals surface area contributed by atoms with Crippen LogP contribution in [-0.4, -0.2) is 44.9 Å². The van der Waals surface area contributed by atoms with Crippen LogP contribution >= 0.6 is 0 Å². The van der Waals surface area contributed by atoms with Crippen LogP contribution in [0, 0.1) is 100 Å². The molecular formula is C68H111F3O4. The Balaban J connectivity index is 0.000000422. The van der Waals surface area contributed by atoms with Crippen molar-refractivity contribution in [1.29, 1.82) is 0 Å². The van der Waals surface area contributed by atoms with E-state index in [9.17, 15) is 13.2 Å². The monoisotopic (exact) mass is 1050 g/mol. The predicted octanol–water partition coefficient (Wildman–Crippen LogP) is 20.3. The molecule has 0 spiro atoms. The second-order valence-electron chi connectivity index (χ2n) is 24.0. The van der Waals surface area contributed by atoms with E-state index in [0.29, 0.717) is 29.3 Å². The van der Waals surface area contributed by atoms with Crippen LogP contribution in [0.5, 0.6) is 0 Å². The van der Waals surface area contributed by atoms with Gasteiger partial charge in [0.1, 0.15) is 17.5 Å². The number of rotatable bonds is 0. The molecule has 0 bridgehead atoms. The van der Waals surface area contributed by atoms with Crippen molar-refractivity contribution in [1.82, 2.24) is 0 Å². The second kappa shape index (κ2) is 40.0. The van der Waals surface area contributed by atoms with Crippen molar-refractivity contribution in [2.45, 2.75) is 233 Å². The molecule has 0 amide bonds. The van der Waals surface area contributed by atoms with E-state index in [0.717, 1.165) is 67.5 Å². The SMILES string of the molecule is CC1=CCC(C)CC1.CC1=CCC(C)CC1.CC1CCC(C)CC1.CC1CCC(C)OC1.CC1CCC(C)OC1.CC1COC(C)OC1.Cc1cc(F)c(C)c(F)c1.Cc1ccc(C)c(F)c1.Cc1ccc(C)cc1. The Morgan fingerprint density at radius 1 is 0.347 bits per heavy atom. The maximum absolute atomic E-state index is 12.6. The number of halogens is 3. The molecule has 1 saturated carbocycles. The van der Waals surface area contributed by atoms with Crippen LogP contribution in [0.1, 0.15) is 206 Å². The second-order valence-corrected chi connectivity index (χ2v) is 24.0. The van der Waals surface area contributed by atoms with Crippen molar-refractivity contribution >= 4 is 0 Å². The molecule has 0 aromatic heterocycles. The lowest BCUT2D eigenvalue weighted by Gasteiger charge is -2.24. The molecule has 75 heavy (non-hydrogen) atoms. The Morgan fingerprint density at radius 2 is 0.693 bits per heavy atom. The highest BCUT2D eigenvalue weighted by atomic mass is 19.1. The van der Waals surface area contributed by atoms with E-state index in [1.807, 2.05) is 19.9 Å². The maximum Gasteiger partial charge on any atom is 0.154 e. The van der Waals surface area contributed by atoms with E-state index >= 15 is 0 Å². The third kappa shape index (κ3) is 36.5. The van der Waals surface area contributed by atoms with Crippen molar-refractivity contribution in [2.75, 3.05) is 26.4 Å². The van der Waals surface area contributed by atoms with E-state index in [1.165, 1.54) is 126 Å². The molecule has 428 valence electrons. The van der Waals surface area contributed by atoms with E-state index in [1.54, 1.807) is 31.1 Å². The molecule has 6 aliphatic rings. The van der Waals surface area contributed by atoms with Crippen molar-refractivity contribution in [3.05, 3.63) is 129 Å². The standard InChI is InChI=1S/C8H8F2.C8H9F.C8H16.2C8H14.C8H10.2C7H14O.C6H12O2/c1-5-3-7(9)6(2)8(10)4-5;1-6-3-4-7(2)8(9)5-6;4*1-7-3-5-8(2)6-4-7;2*1-6-3-4-7(2)8-5-6;1-5-3-7-6(2)8-4-5/h3-4H,1-2H3;3-5H,1-2H3;7-8H,3-6H2,1-2H3;2*3,8H,4-6H2,1-2H3;3-6H,1-2H3;2*6-7H,3-5H2,1-2H3;5-6H,3-4H2,1-2H3. The fraction of sp³-hybridized carbons (Fsp3) is 0.676. The normalized spacial score (nSPS) is 26.8. The number of aryl methyl sites for hydroxylation is 5. The van der Waals surface area contributed by atoms with Gasteiger partial charge >= 0.3 is 0 Å². The Kier molecular flexibility index (Phi) is 37.2. The van der Waals surface area contributed by atoms with E-state index < -0.39 is 11.6 Å². The van der Waals surface area contributed by atoms with Gasteiger partial charge < -0.3 is 18.9 Å². The molecule has 6 atom stereocenters. The van der Waals surface area contributed by atoms with Crippen molar-refractivity contribution in [3.63, 3.8) is 0 Å². The van der Waals surface area contributed by atoms with Gasteiger partial charge in [0.15, 0.2) is 6.29 Å². The molecule has 6 unspecified atom stereocenters. The van der Waals surface area contributed by atoms with Crippen LogP contribution in [0.15, 0.2) is 77.9 Å². The van der Waals surface area contributed by atoms with Crippen LogP contribution in [0.4, 0.5) is 13.2 Å². The average molecular weight is 1050 g/mol. The summed E-state index contributed by atoms with van der Waals surface area (Å²) in [7, 11) is 0. The molecule has 0 N–H and O–H groups in total. The minimum atomic E-state index is -0.475. The van der Waals surface area contributed by atoms with Crippen LogP contribution in [0.3, 0.4) is 0 Å². The first-order chi connectivity index (χ1) is 35.3. The molecular weight excluding hydrogens is 938 g/mol. The summed E-state index contributed by atoms with van der Waals surface area (Å²) in [5, 5.41) is 0. The van der Waals surface area contributed by atoms with Crippen molar-refractivity contribution in [3.8, 4) is 0 Å². The van der Waals surface area contributed by atoms with Crippen LogP contribution in [-0.2, 0) is 18.9 Å². The van der Waals surface area contributed by atoms with Gasteiger partial charge in [-0.2, -0.15) is 0 Å². The zero-order valence-corrected chi connectivity index (χ0v) is 51.1. The summed E-state index contributed by atoms with van der Waals surface area (Å²) in [4.78, 5) is 0. The van der Waals surface area contributed by atoms with Gasteiger partial charge in [-0.05, 0) is 211 Å². The molecule has 4 fully saturated rings. The van der Waals surface area contributed by atoms with Gasteiger partial charge in [-0.3, -0.25) is 0 Å². The van der Waals surface area contributed by atoms with Gasteiger partial charge in [0.25, 0.3) is 0 Å². The van der Waals surface area contributed by atoms with Crippen LogP contribution in [0.2, 0.25) is 0 Å². The molecule has 3 aromatic rings. The molecule has 3 heterocycles. The topological polar surface area (TPSA) is 36.9 Å².